The Balaban J connectivity index is 1.69. The molecule has 2 aromatic rings. The number of quaternary nitrogens is 1. The zero-order valence-electron chi connectivity index (χ0n) is 13.7. The fraction of sp³-hybridized carbons (Fsp3) is 0.333. The van der Waals surface area contributed by atoms with Gasteiger partial charge in [-0.2, -0.15) is 4.31 Å². The molecule has 2 aromatic carbocycles. The second kappa shape index (κ2) is 7.23. The first-order valence-corrected chi connectivity index (χ1v) is 9.96. The van der Waals surface area contributed by atoms with Crippen LogP contribution in [0.5, 0.6) is 0 Å². The van der Waals surface area contributed by atoms with Crippen molar-refractivity contribution in [1.82, 2.24) is 4.31 Å². The lowest BCUT2D eigenvalue weighted by molar-refractivity contribution is -0.933. The van der Waals surface area contributed by atoms with E-state index in [1.807, 2.05) is 30.3 Å². The van der Waals surface area contributed by atoms with Crippen LogP contribution in [0.15, 0.2) is 59.5 Å². The van der Waals surface area contributed by atoms with Crippen LogP contribution in [0.1, 0.15) is 18.5 Å². The summed E-state index contributed by atoms with van der Waals surface area (Å²) in [5, 5.41) is 0.775. The molecule has 0 aliphatic carbocycles. The van der Waals surface area contributed by atoms with Gasteiger partial charge in [-0.05, 0) is 25.1 Å². The van der Waals surface area contributed by atoms with Crippen LogP contribution in [0.3, 0.4) is 0 Å². The molecule has 0 spiro atoms. The molecule has 1 aliphatic heterocycles. The molecule has 0 saturated carbocycles. The molecule has 0 bridgehead atoms. The maximum atomic E-state index is 12.7. The summed E-state index contributed by atoms with van der Waals surface area (Å²) >= 11 is 6.30. The third kappa shape index (κ3) is 3.49. The second-order valence-electron chi connectivity index (χ2n) is 6.12. The Morgan fingerprint density at radius 2 is 1.58 bits per heavy atom. The van der Waals surface area contributed by atoms with Gasteiger partial charge >= 0.3 is 0 Å². The Kier molecular flexibility index (Phi) is 5.25. The largest absolute Gasteiger partial charge is 0.327 e. The maximum Gasteiger partial charge on any atom is 0.243 e. The Morgan fingerprint density at radius 3 is 2.21 bits per heavy atom. The van der Waals surface area contributed by atoms with E-state index in [4.69, 9.17) is 11.6 Å². The third-order valence-electron chi connectivity index (χ3n) is 4.73. The first-order valence-electron chi connectivity index (χ1n) is 8.14. The molecule has 0 aromatic heterocycles. The van der Waals surface area contributed by atoms with E-state index in [1.165, 1.54) is 4.90 Å². The third-order valence-corrected chi connectivity index (χ3v) is 6.99. The number of sulfonamides is 1. The van der Waals surface area contributed by atoms with Crippen molar-refractivity contribution in [2.45, 2.75) is 17.9 Å². The normalized spacial score (nSPS) is 18.4. The number of hydrogen-bond acceptors (Lipinski definition) is 2. The molecular formula is C18H22ClN2O2S+. The fourth-order valence-electron chi connectivity index (χ4n) is 3.23. The highest BCUT2D eigenvalue weighted by molar-refractivity contribution is 7.89. The molecule has 4 nitrogen and oxygen atoms in total. The maximum absolute atomic E-state index is 12.7. The molecule has 3 rings (SSSR count). The minimum absolute atomic E-state index is 0.250. The van der Waals surface area contributed by atoms with Gasteiger partial charge in [0, 0.05) is 10.6 Å². The quantitative estimate of drug-likeness (QED) is 0.900. The van der Waals surface area contributed by atoms with Gasteiger partial charge in [0.1, 0.15) is 6.04 Å². The molecule has 1 aliphatic rings. The van der Waals surface area contributed by atoms with E-state index in [0.717, 1.165) is 23.7 Å². The monoisotopic (exact) mass is 365 g/mol. The summed E-state index contributed by atoms with van der Waals surface area (Å²) in [5.74, 6) is 0. The van der Waals surface area contributed by atoms with Crippen LogP contribution in [-0.4, -0.2) is 38.9 Å². The van der Waals surface area contributed by atoms with Crippen LogP contribution in [0, 0.1) is 0 Å². The number of nitrogens with one attached hydrogen (secondary N) is 1. The van der Waals surface area contributed by atoms with E-state index in [0.29, 0.717) is 18.0 Å². The summed E-state index contributed by atoms with van der Waals surface area (Å²) < 4.78 is 27.0. The number of benzene rings is 2. The fourth-order valence-corrected chi connectivity index (χ4v) is 5.00. The van der Waals surface area contributed by atoms with E-state index < -0.39 is 10.0 Å². The van der Waals surface area contributed by atoms with Gasteiger partial charge in [-0.25, -0.2) is 8.42 Å². The molecule has 128 valence electrons. The van der Waals surface area contributed by atoms with Gasteiger partial charge in [-0.15, -0.1) is 0 Å². The predicted octanol–water partition coefficient (Wildman–Crippen LogP) is 1.99. The van der Waals surface area contributed by atoms with Gasteiger partial charge in [0.2, 0.25) is 10.0 Å². The van der Waals surface area contributed by atoms with Crippen molar-refractivity contribution in [1.29, 1.82) is 0 Å². The van der Waals surface area contributed by atoms with Gasteiger partial charge in [-0.3, -0.25) is 0 Å². The van der Waals surface area contributed by atoms with Crippen molar-refractivity contribution in [3.8, 4) is 0 Å². The molecule has 0 unspecified atom stereocenters. The lowest BCUT2D eigenvalue weighted by Gasteiger charge is -2.35. The minimum atomic E-state index is -3.39. The minimum Gasteiger partial charge on any atom is -0.327 e. The van der Waals surface area contributed by atoms with Crippen LogP contribution in [0.4, 0.5) is 0 Å². The Bertz CT molecular complexity index is 788. The molecule has 0 radical (unpaired) electrons. The summed E-state index contributed by atoms with van der Waals surface area (Å²) in [4.78, 5) is 1.73. The number of halogens is 1. The summed E-state index contributed by atoms with van der Waals surface area (Å²) in [6, 6.07) is 16.8. The van der Waals surface area contributed by atoms with Gasteiger partial charge < -0.3 is 4.90 Å². The van der Waals surface area contributed by atoms with Gasteiger partial charge in [0.05, 0.1) is 31.1 Å². The van der Waals surface area contributed by atoms with Crippen LogP contribution in [0.2, 0.25) is 5.02 Å². The molecule has 1 fully saturated rings. The molecule has 1 saturated heterocycles. The number of rotatable bonds is 4. The van der Waals surface area contributed by atoms with Crippen molar-refractivity contribution in [3.63, 3.8) is 0 Å². The van der Waals surface area contributed by atoms with Crippen LogP contribution in [0.25, 0.3) is 0 Å². The highest BCUT2D eigenvalue weighted by Crippen LogP contribution is 2.21. The number of hydrogen-bond donors (Lipinski definition) is 1. The molecule has 1 N–H and O–H groups in total. The smallest absolute Gasteiger partial charge is 0.243 e. The Labute approximate surface area is 148 Å². The van der Waals surface area contributed by atoms with Gasteiger partial charge in [0.25, 0.3) is 0 Å². The van der Waals surface area contributed by atoms with Gasteiger partial charge in [-0.1, -0.05) is 48.0 Å². The van der Waals surface area contributed by atoms with Crippen LogP contribution < -0.4 is 4.90 Å². The van der Waals surface area contributed by atoms with Crippen molar-refractivity contribution in [2.75, 3.05) is 26.2 Å². The lowest BCUT2D eigenvalue weighted by atomic mass is 10.1. The summed E-state index contributed by atoms with van der Waals surface area (Å²) in [5.41, 5.74) is 1.12. The second-order valence-corrected chi connectivity index (χ2v) is 8.46. The molecule has 24 heavy (non-hydrogen) atoms. The predicted molar refractivity (Wildman–Crippen MR) is 95.8 cm³/mol. The average molecular weight is 366 g/mol. The first-order chi connectivity index (χ1) is 11.5. The molecule has 1 atom stereocenters. The molecule has 0 amide bonds. The van der Waals surface area contributed by atoms with Crippen molar-refractivity contribution in [3.05, 3.63) is 65.2 Å². The Morgan fingerprint density at radius 1 is 1.00 bits per heavy atom. The van der Waals surface area contributed by atoms with Crippen molar-refractivity contribution in [2.24, 2.45) is 0 Å². The summed E-state index contributed by atoms with van der Waals surface area (Å²) in [6.07, 6.45) is 0. The average Bonchev–Trinajstić information content (AvgIpc) is 2.62. The van der Waals surface area contributed by atoms with E-state index in [9.17, 15) is 8.42 Å². The highest BCUT2D eigenvalue weighted by Gasteiger charge is 2.32. The van der Waals surface area contributed by atoms with Crippen molar-refractivity contribution < 1.29 is 13.3 Å². The standard InChI is InChI=1S/C18H21ClN2O2S/c1-15(17-9-5-6-10-18(17)19)20-11-13-21(14-12-20)24(22,23)16-7-3-2-4-8-16/h2-10,15H,11-14H2,1H3/p+1/t15-/m0/s1. The van der Waals surface area contributed by atoms with E-state index in [1.54, 1.807) is 28.6 Å². The molecule has 6 heteroatoms. The van der Waals surface area contributed by atoms with Crippen LogP contribution in [-0.2, 0) is 10.0 Å². The summed E-state index contributed by atoms with van der Waals surface area (Å²) in [6.45, 7) is 4.76. The summed E-state index contributed by atoms with van der Waals surface area (Å²) in [7, 11) is -3.39. The van der Waals surface area contributed by atoms with Crippen molar-refractivity contribution >= 4 is 21.6 Å². The van der Waals surface area contributed by atoms with E-state index in [2.05, 4.69) is 6.92 Å². The topological polar surface area (TPSA) is 41.8 Å². The molecular weight excluding hydrogens is 344 g/mol. The highest BCUT2D eigenvalue weighted by atomic mass is 35.5. The number of piperazine rings is 1. The number of nitrogens with zero attached hydrogens (tertiary/aromatic N) is 1. The van der Waals surface area contributed by atoms with Gasteiger partial charge in [0.15, 0.2) is 0 Å². The van der Waals surface area contributed by atoms with E-state index >= 15 is 0 Å². The molecule has 1 heterocycles. The lowest BCUT2D eigenvalue weighted by Crippen LogP contribution is -3.14. The first kappa shape index (κ1) is 17.4. The van der Waals surface area contributed by atoms with E-state index in [-0.39, 0.29) is 6.04 Å². The zero-order chi connectivity index (χ0) is 17.2. The van der Waals surface area contributed by atoms with Crippen LogP contribution >= 0.6 is 11.6 Å². The SMILES string of the molecule is C[C@@H](c1ccccc1Cl)[NH+]1CCN(S(=O)(=O)c2ccccc2)CC1. The zero-order valence-corrected chi connectivity index (χ0v) is 15.2. The Hall–Kier alpha value is -1.40.